The number of amides is 2. The van der Waals surface area contributed by atoms with Crippen LogP contribution in [0.25, 0.3) is 11.0 Å². The van der Waals surface area contributed by atoms with Crippen molar-refractivity contribution in [2.24, 2.45) is 5.92 Å². The predicted octanol–water partition coefficient (Wildman–Crippen LogP) is 4.91. The lowest BCUT2D eigenvalue weighted by Crippen LogP contribution is -2.41. The summed E-state index contributed by atoms with van der Waals surface area (Å²) in [4.78, 5) is 19.3. The van der Waals surface area contributed by atoms with Crippen LogP contribution in [-0.2, 0) is 6.54 Å². The molecule has 1 fully saturated rings. The molecule has 28 heavy (non-hydrogen) atoms. The summed E-state index contributed by atoms with van der Waals surface area (Å²) in [5, 5.41) is 3.06. The van der Waals surface area contributed by atoms with E-state index < -0.39 is 0 Å². The second-order valence-corrected chi connectivity index (χ2v) is 8.00. The van der Waals surface area contributed by atoms with Crippen molar-refractivity contribution < 1.29 is 4.79 Å². The highest BCUT2D eigenvalue weighted by molar-refractivity contribution is 5.89. The van der Waals surface area contributed by atoms with E-state index in [9.17, 15) is 4.79 Å². The Balaban J connectivity index is 1.36. The van der Waals surface area contributed by atoms with E-state index in [2.05, 4.69) is 59.9 Å². The van der Waals surface area contributed by atoms with Gasteiger partial charge in [-0.05, 0) is 74.9 Å². The number of rotatable bonds is 3. The lowest BCUT2D eigenvalue weighted by atomic mass is 9.96. The van der Waals surface area contributed by atoms with Gasteiger partial charge in [-0.25, -0.2) is 9.78 Å². The number of para-hydroxylation sites is 2. The standard InChI is InChI=1S/C23H28N4O/c1-16-12-17(2)14-20(13-16)25-23(28)26-10-8-19(9-11-26)15-27-18(3)24-21-6-4-5-7-22(21)27/h4-7,12-14,19H,8-11,15H2,1-3H3,(H,25,28). The third-order valence-electron chi connectivity index (χ3n) is 5.66. The molecule has 1 aliphatic heterocycles. The van der Waals surface area contributed by atoms with Crippen molar-refractivity contribution in [1.82, 2.24) is 14.5 Å². The van der Waals surface area contributed by atoms with Crippen LogP contribution in [0, 0.1) is 26.7 Å². The first-order valence-corrected chi connectivity index (χ1v) is 10.1. The molecule has 0 aliphatic carbocycles. The molecule has 0 spiro atoms. The fourth-order valence-corrected chi connectivity index (χ4v) is 4.25. The van der Waals surface area contributed by atoms with Crippen molar-refractivity contribution in [1.29, 1.82) is 0 Å². The Kier molecular flexibility index (Phi) is 5.07. The largest absolute Gasteiger partial charge is 0.328 e. The summed E-state index contributed by atoms with van der Waals surface area (Å²) in [6.45, 7) is 8.75. The van der Waals surface area contributed by atoms with Crippen molar-refractivity contribution in [3.63, 3.8) is 0 Å². The van der Waals surface area contributed by atoms with Crippen LogP contribution in [0.4, 0.5) is 10.5 Å². The zero-order valence-corrected chi connectivity index (χ0v) is 16.9. The van der Waals surface area contributed by atoms with Crippen LogP contribution >= 0.6 is 0 Å². The second-order valence-electron chi connectivity index (χ2n) is 8.00. The maximum absolute atomic E-state index is 12.6. The van der Waals surface area contributed by atoms with E-state index in [-0.39, 0.29) is 6.03 Å². The van der Waals surface area contributed by atoms with E-state index in [0.717, 1.165) is 60.6 Å². The summed E-state index contributed by atoms with van der Waals surface area (Å²) in [7, 11) is 0. The highest BCUT2D eigenvalue weighted by Crippen LogP contribution is 2.24. The molecule has 0 atom stereocenters. The van der Waals surface area contributed by atoms with E-state index in [1.165, 1.54) is 5.52 Å². The van der Waals surface area contributed by atoms with Crippen molar-refractivity contribution >= 4 is 22.8 Å². The van der Waals surface area contributed by atoms with Crippen LogP contribution in [0.1, 0.15) is 29.8 Å². The number of hydrogen-bond donors (Lipinski definition) is 1. The fraction of sp³-hybridized carbons (Fsp3) is 0.391. The van der Waals surface area contributed by atoms with Gasteiger partial charge in [0.05, 0.1) is 11.0 Å². The van der Waals surface area contributed by atoms with Crippen molar-refractivity contribution in [3.8, 4) is 0 Å². The van der Waals surface area contributed by atoms with E-state index in [1.807, 2.05) is 23.1 Å². The maximum atomic E-state index is 12.6. The van der Waals surface area contributed by atoms with Crippen LogP contribution in [-0.4, -0.2) is 33.6 Å². The highest BCUT2D eigenvalue weighted by atomic mass is 16.2. The SMILES string of the molecule is Cc1cc(C)cc(NC(=O)N2CCC(Cn3c(C)nc4ccccc43)CC2)c1. The van der Waals surface area contributed by atoms with E-state index >= 15 is 0 Å². The van der Waals surface area contributed by atoms with E-state index in [0.29, 0.717) is 5.92 Å². The summed E-state index contributed by atoms with van der Waals surface area (Å²) < 4.78 is 2.32. The molecule has 1 N–H and O–H groups in total. The first-order valence-electron chi connectivity index (χ1n) is 10.1. The second kappa shape index (κ2) is 7.66. The number of urea groups is 1. The molecule has 0 unspecified atom stereocenters. The molecule has 1 aromatic heterocycles. The van der Waals surface area contributed by atoms with Gasteiger partial charge >= 0.3 is 6.03 Å². The molecule has 1 saturated heterocycles. The molecule has 2 aromatic carbocycles. The molecule has 2 heterocycles. The first kappa shape index (κ1) is 18.5. The molecule has 0 radical (unpaired) electrons. The number of piperidine rings is 1. The Labute approximate surface area is 166 Å². The average Bonchev–Trinajstić information content (AvgIpc) is 2.97. The van der Waals surface area contributed by atoms with Crippen LogP contribution in [0.5, 0.6) is 0 Å². The van der Waals surface area contributed by atoms with Gasteiger partial charge < -0.3 is 14.8 Å². The van der Waals surface area contributed by atoms with Crippen molar-refractivity contribution in [2.75, 3.05) is 18.4 Å². The number of imidazole rings is 1. The van der Waals surface area contributed by atoms with Gasteiger partial charge in [0.1, 0.15) is 5.82 Å². The minimum atomic E-state index is 0.00714. The van der Waals surface area contributed by atoms with Crippen LogP contribution < -0.4 is 5.32 Å². The molecule has 5 nitrogen and oxygen atoms in total. The maximum Gasteiger partial charge on any atom is 0.321 e. The summed E-state index contributed by atoms with van der Waals surface area (Å²) in [5.74, 6) is 1.64. The van der Waals surface area contributed by atoms with Gasteiger partial charge in [-0.2, -0.15) is 0 Å². The zero-order valence-electron chi connectivity index (χ0n) is 16.9. The van der Waals surface area contributed by atoms with Gasteiger partial charge in [-0.15, -0.1) is 0 Å². The lowest BCUT2D eigenvalue weighted by molar-refractivity contribution is 0.177. The molecule has 0 bridgehead atoms. The Morgan fingerprint density at radius 2 is 1.75 bits per heavy atom. The summed E-state index contributed by atoms with van der Waals surface area (Å²) >= 11 is 0. The third kappa shape index (κ3) is 3.88. The van der Waals surface area contributed by atoms with E-state index in [1.54, 1.807) is 0 Å². The number of hydrogen-bond acceptors (Lipinski definition) is 2. The smallest absolute Gasteiger partial charge is 0.321 e. The lowest BCUT2D eigenvalue weighted by Gasteiger charge is -2.32. The number of nitrogens with zero attached hydrogens (tertiary/aromatic N) is 3. The van der Waals surface area contributed by atoms with Crippen molar-refractivity contribution in [2.45, 2.75) is 40.2 Å². The fourth-order valence-electron chi connectivity index (χ4n) is 4.25. The monoisotopic (exact) mass is 376 g/mol. The summed E-state index contributed by atoms with van der Waals surface area (Å²) in [5.41, 5.74) is 5.47. The number of nitrogens with one attached hydrogen (secondary N) is 1. The molecular formula is C23H28N4O. The Bertz CT molecular complexity index is 979. The number of fused-ring (bicyclic) bond motifs is 1. The molecule has 3 aromatic rings. The Hall–Kier alpha value is -2.82. The number of benzene rings is 2. The molecule has 1 aliphatic rings. The van der Waals surface area contributed by atoms with Gasteiger partial charge in [0.15, 0.2) is 0 Å². The quantitative estimate of drug-likeness (QED) is 0.706. The number of anilines is 1. The summed E-state index contributed by atoms with van der Waals surface area (Å²) in [6.07, 6.45) is 2.04. The molecule has 5 heteroatoms. The van der Waals surface area contributed by atoms with Gasteiger partial charge in [0.25, 0.3) is 0 Å². The van der Waals surface area contributed by atoms with Crippen LogP contribution in [0.2, 0.25) is 0 Å². The molecule has 4 rings (SSSR count). The zero-order chi connectivity index (χ0) is 19.7. The van der Waals surface area contributed by atoms with Gasteiger partial charge in [0.2, 0.25) is 0 Å². The first-order chi connectivity index (χ1) is 13.5. The molecule has 2 amide bonds. The normalized spacial score (nSPS) is 15.2. The molecular weight excluding hydrogens is 348 g/mol. The number of aryl methyl sites for hydroxylation is 3. The number of carbonyl (C=O) groups excluding carboxylic acids is 1. The van der Waals surface area contributed by atoms with Crippen LogP contribution in [0.3, 0.4) is 0 Å². The number of likely N-dealkylation sites (tertiary alicyclic amines) is 1. The number of carbonyl (C=O) groups is 1. The minimum Gasteiger partial charge on any atom is -0.328 e. The third-order valence-corrected chi connectivity index (χ3v) is 5.66. The highest BCUT2D eigenvalue weighted by Gasteiger charge is 2.24. The van der Waals surface area contributed by atoms with Crippen LogP contribution in [0.15, 0.2) is 42.5 Å². The number of aromatic nitrogens is 2. The van der Waals surface area contributed by atoms with Crippen molar-refractivity contribution in [3.05, 3.63) is 59.4 Å². The topological polar surface area (TPSA) is 50.2 Å². The van der Waals surface area contributed by atoms with Gasteiger partial charge in [-0.1, -0.05) is 18.2 Å². The average molecular weight is 377 g/mol. The van der Waals surface area contributed by atoms with Gasteiger partial charge in [0, 0.05) is 25.3 Å². The predicted molar refractivity (Wildman–Crippen MR) is 114 cm³/mol. The minimum absolute atomic E-state index is 0.00714. The molecule has 0 saturated carbocycles. The molecule has 146 valence electrons. The Morgan fingerprint density at radius 3 is 2.46 bits per heavy atom. The Morgan fingerprint density at radius 1 is 1.07 bits per heavy atom. The summed E-state index contributed by atoms with van der Waals surface area (Å²) in [6, 6.07) is 14.5. The van der Waals surface area contributed by atoms with E-state index in [4.69, 9.17) is 0 Å². The van der Waals surface area contributed by atoms with Gasteiger partial charge in [-0.3, -0.25) is 0 Å².